The molecule has 0 aliphatic heterocycles. The molecule has 0 radical (unpaired) electrons. The Morgan fingerprint density at radius 3 is 2.67 bits per heavy atom. The van der Waals surface area contributed by atoms with Crippen LogP contribution in [0, 0.1) is 0 Å². The zero-order chi connectivity index (χ0) is 13.5. The predicted molar refractivity (Wildman–Crippen MR) is 76.2 cm³/mol. The van der Waals surface area contributed by atoms with Crippen molar-refractivity contribution in [3.05, 3.63) is 28.8 Å². The summed E-state index contributed by atoms with van der Waals surface area (Å²) >= 11 is 9.23. The fourth-order valence-electron chi connectivity index (χ4n) is 1.37. The average Bonchev–Trinajstić information content (AvgIpc) is 2.32. The lowest BCUT2D eigenvalue weighted by molar-refractivity contribution is -0.116. The largest absolute Gasteiger partial charge is 0.366 e. The summed E-state index contributed by atoms with van der Waals surface area (Å²) in [6, 6.07) is 4.54. The molecule has 0 bridgehead atoms. The second-order valence-electron chi connectivity index (χ2n) is 3.75. The summed E-state index contributed by atoms with van der Waals surface area (Å²) in [5.74, 6) is -0.680. The highest BCUT2D eigenvalue weighted by atomic mass is 79.9. The summed E-state index contributed by atoms with van der Waals surface area (Å²) in [6.45, 7) is 0. The number of halogens is 2. The molecule has 0 spiro atoms. The number of carbonyl (C=O) groups excluding carboxylic acids is 2. The third kappa shape index (κ3) is 4.66. The standard InChI is InChI=1S/C12H14BrClN2O2/c13-6-2-1-3-11(17)16-10-7-8(12(15)18)4-5-9(10)14/h4-5,7H,1-3,6H2,(H2,15,18)(H,16,17). The van der Waals surface area contributed by atoms with Crippen LogP contribution in [-0.2, 0) is 4.79 Å². The number of hydrogen-bond acceptors (Lipinski definition) is 2. The van der Waals surface area contributed by atoms with Gasteiger partial charge in [-0.15, -0.1) is 0 Å². The molecule has 2 amide bonds. The second kappa shape index (κ2) is 7.38. The van der Waals surface area contributed by atoms with E-state index in [1.54, 1.807) is 0 Å². The third-order valence-corrected chi connectivity index (χ3v) is 3.20. The van der Waals surface area contributed by atoms with Crippen molar-refractivity contribution in [2.24, 2.45) is 5.73 Å². The Morgan fingerprint density at radius 1 is 1.33 bits per heavy atom. The summed E-state index contributed by atoms with van der Waals surface area (Å²) in [5.41, 5.74) is 5.89. The number of nitrogens with two attached hydrogens (primary N) is 1. The molecule has 0 saturated heterocycles. The van der Waals surface area contributed by atoms with Crippen molar-refractivity contribution in [3.63, 3.8) is 0 Å². The van der Waals surface area contributed by atoms with Gasteiger partial charge in [-0.1, -0.05) is 27.5 Å². The van der Waals surface area contributed by atoms with Crippen molar-refractivity contribution < 1.29 is 9.59 Å². The fraction of sp³-hybridized carbons (Fsp3) is 0.333. The van der Waals surface area contributed by atoms with Crippen molar-refractivity contribution in [1.82, 2.24) is 0 Å². The van der Waals surface area contributed by atoms with Crippen LogP contribution in [0.4, 0.5) is 5.69 Å². The lowest BCUT2D eigenvalue weighted by Crippen LogP contribution is -2.14. The maximum atomic E-state index is 11.6. The monoisotopic (exact) mass is 332 g/mol. The fourth-order valence-corrected chi connectivity index (χ4v) is 1.93. The summed E-state index contributed by atoms with van der Waals surface area (Å²) in [4.78, 5) is 22.6. The SMILES string of the molecule is NC(=O)c1ccc(Cl)c(NC(=O)CCCCBr)c1. The van der Waals surface area contributed by atoms with Crippen LogP contribution in [0.15, 0.2) is 18.2 Å². The quantitative estimate of drug-likeness (QED) is 0.620. The number of nitrogens with one attached hydrogen (secondary N) is 1. The van der Waals surface area contributed by atoms with Crippen LogP contribution in [0.5, 0.6) is 0 Å². The molecule has 1 aromatic carbocycles. The Morgan fingerprint density at radius 2 is 2.06 bits per heavy atom. The molecular weight excluding hydrogens is 320 g/mol. The summed E-state index contributed by atoms with van der Waals surface area (Å²) in [7, 11) is 0. The number of hydrogen-bond donors (Lipinski definition) is 2. The number of unbranched alkanes of at least 4 members (excludes halogenated alkanes) is 1. The van der Waals surface area contributed by atoms with Crippen molar-refractivity contribution in [1.29, 1.82) is 0 Å². The molecule has 1 aromatic rings. The minimum atomic E-state index is -0.554. The first-order valence-electron chi connectivity index (χ1n) is 5.49. The van der Waals surface area contributed by atoms with Crippen LogP contribution in [-0.4, -0.2) is 17.1 Å². The van der Waals surface area contributed by atoms with E-state index in [1.807, 2.05) is 0 Å². The van der Waals surface area contributed by atoms with Crippen LogP contribution >= 0.6 is 27.5 Å². The first kappa shape index (κ1) is 15.0. The number of rotatable bonds is 6. The molecule has 4 nitrogen and oxygen atoms in total. The number of benzene rings is 1. The van der Waals surface area contributed by atoms with Gasteiger partial charge in [0.15, 0.2) is 0 Å². The molecule has 3 N–H and O–H groups in total. The molecule has 0 unspecified atom stereocenters. The Hall–Kier alpha value is -1.07. The average molecular weight is 334 g/mol. The highest BCUT2D eigenvalue weighted by molar-refractivity contribution is 9.09. The van der Waals surface area contributed by atoms with Gasteiger partial charge in [-0.3, -0.25) is 9.59 Å². The summed E-state index contributed by atoms with van der Waals surface area (Å²) in [5, 5.41) is 3.93. The normalized spacial score (nSPS) is 10.1. The second-order valence-corrected chi connectivity index (χ2v) is 4.95. The van der Waals surface area contributed by atoms with Crippen molar-refractivity contribution >= 4 is 45.0 Å². The van der Waals surface area contributed by atoms with Crippen molar-refractivity contribution in [2.45, 2.75) is 19.3 Å². The zero-order valence-corrected chi connectivity index (χ0v) is 12.1. The molecule has 0 saturated carbocycles. The first-order chi connectivity index (χ1) is 8.54. The van der Waals surface area contributed by atoms with Crippen LogP contribution in [0.2, 0.25) is 5.02 Å². The Balaban J connectivity index is 2.68. The third-order valence-electron chi connectivity index (χ3n) is 2.31. The molecule has 0 aliphatic rings. The van der Waals surface area contributed by atoms with Gasteiger partial charge in [0.25, 0.3) is 0 Å². The number of primary amides is 1. The zero-order valence-electron chi connectivity index (χ0n) is 9.71. The maximum Gasteiger partial charge on any atom is 0.248 e. The van der Waals surface area contributed by atoms with Gasteiger partial charge in [-0.25, -0.2) is 0 Å². The molecule has 0 fully saturated rings. The lowest BCUT2D eigenvalue weighted by atomic mass is 10.2. The molecular formula is C12H14BrClN2O2. The van der Waals surface area contributed by atoms with E-state index in [0.29, 0.717) is 22.7 Å². The molecule has 0 aliphatic carbocycles. The van der Waals surface area contributed by atoms with Gasteiger partial charge in [0.1, 0.15) is 0 Å². The Bertz CT molecular complexity index is 452. The van der Waals surface area contributed by atoms with Crippen LogP contribution in [0.1, 0.15) is 29.6 Å². The smallest absolute Gasteiger partial charge is 0.248 e. The molecule has 98 valence electrons. The van der Waals surface area contributed by atoms with E-state index < -0.39 is 5.91 Å². The number of amides is 2. The molecule has 18 heavy (non-hydrogen) atoms. The van der Waals surface area contributed by atoms with Crippen LogP contribution in [0.3, 0.4) is 0 Å². The van der Waals surface area contributed by atoms with Crippen molar-refractivity contribution in [2.75, 3.05) is 10.6 Å². The van der Waals surface area contributed by atoms with Gasteiger partial charge in [0, 0.05) is 17.3 Å². The Labute approximate surface area is 119 Å². The molecule has 0 aromatic heterocycles. The van der Waals surface area contributed by atoms with E-state index >= 15 is 0 Å². The van der Waals surface area contributed by atoms with E-state index in [9.17, 15) is 9.59 Å². The highest BCUT2D eigenvalue weighted by Crippen LogP contribution is 2.23. The minimum Gasteiger partial charge on any atom is -0.366 e. The predicted octanol–water partition coefficient (Wildman–Crippen LogP) is 2.94. The van der Waals surface area contributed by atoms with Gasteiger partial charge in [0.05, 0.1) is 10.7 Å². The van der Waals surface area contributed by atoms with Crippen molar-refractivity contribution in [3.8, 4) is 0 Å². The van der Waals surface area contributed by atoms with Gasteiger partial charge >= 0.3 is 0 Å². The van der Waals surface area contributed by atoms with E-state index in [4.69, 9.17) is 17.3 Å². The highest BCUT2D eigenvalue weighted by Gasteiger charge is 2.08. The molecule has 1 rings (SSSR count). The van der Waals surface area contributed by atoms with Gasteiger partial charge in [-0.2, -0.15) is 0 Å². The van der Waals surface area contributed by atoms with E-state index in [0.717, 1.165) is 18.2 Å². The van der Waals surface area contributed by atoms with E-state index in [1.165, 1.54) is 18.2 Å². The topological polar surface area (TPSA) is 72.2 Å². The van der Waals surface area contributed by atoms with Gasteiger partial charge < -0.3 is 11.1 Å². The number of anilines is 1. The number of carbonyl (C=O) groups is 2. The molecule has 0 heterocycles. The summed E-state index contributed by atoms with van der Waals surface area (Å²) < 4.78 is 0. The minimum absolute atomic E-state index is 0.125. The Kier molecular flexibility index (Phi) is 6.15. The van der Waals surface area contributed by atoms with Crippen LogP contribution < -0.4 is 11.1 Å². The number of alkyl halides is 1. The first-order valence-corrected chi connectivity index (χ1v) is 6.99. The van der Waals surface area contributed by atoms with Gasteiger partial charge in [0.2, 0.25) is 11.8 Å². The van der Waals surface area contributed by atoms with E-state index in [2.05, 4.69) is 21.2 Å². The molecule has 6 heteroatoms. The molecule has 0 atom stereocenters. The van der Waals surface area contributed by atoms with E-state index in [-0.39, 0.29) is 5.91 Å². The van der Waals surface area contributed by atoms with Gasteiger partial charge in [-0.05, 0) is 31.0 Å². The summed E-state index contributed by atoms with van der Waals surface area (Å²) in [6.07, 6.45) is 2.15. The van der Waals surface area contributed by atoms with Crippen LogP contribution in [0.25, 0.3) is 0 Å². The maximum absolute atomic E-state index is 11.6. The lowest BCUT2D eigenvalue weighted by Gasteiger charge is -2.08.